The van der Waals surface area contributed by atoms with Crippen LogP contribution in [0.25, 0.3) is 0 Å². The van der Waals surface area contributed by atoms with E-state index in [0.717, 1.165) is 29.2 Å². The third-order valence-corrected chi connectivity index (χ3v) is 5.19. The molecule has 1 aliphatic heterocycles. The van der Waals surface area contributed by atoms with E-state index in [1.54, 1.807) is 17.8 Å². The van der Waals surface area contributed by atoms with Gasteiger partial charge in [-0.1, -0.05) is 26.0 Å². The van der Waals surface area contributed by atoms with E-state index in [4.69, 9.17) is 0 Å². The first kappa shape index (κ1) is 15.8. The molecule has 2 nitrogen and oxygen atoms in total. The molecule has 0 amide bonds. The second kappa shape index (κ2) is 6.92. The molecule has 2 unspecified atom stereocenters. The molecule has 0 bridgehead atoms. The average Bonchev–Trinajstić information content (AvgIpc) is 2.39. The van der Waals surface area contributed by atoms with Gasteiger partial charge in [-0.05, 0) is 43.8 Å². The number of rotatable bonds is 5. The van der Waals surface area contributed by atoms with E-state index in [1.165, 1.54) is 0 Å². The van der Waals surface area contributed by atoms with Gasteiger partial charge in [-0.25, -0.2) is 4.39 Å². The monoisotopic (exact) mass is 296 g/mol. The van der Waals surface area contributed by atoms with Crippen LogP contribution in [-0.2, 0) is 0 Å². The maximum absolute atomic E-state index is 13.8. The summed E-state index contributed by atoms with van der Waals surface area (Å²) in [7, 11) is 4.24. The lowest BCUT2D eigenvalue weighted by Crippen LogP contribution is -2.43. The van der Waals surface area contributed by atoms with Crippen LogP contribution in [-0.4, -0.2) is 37.3 Å². The topological polar surface area (TPSA) is 15.3 Å². The van der Waals surface area contributed by atoms with Crippen LogP contribution in [0.2, 0.25) is 0 Å². The Kier molecular flexibility index (Phi) is 5.47. The highest BCUT2D eigenvalue weighted by atomic mass is 32.2. The fourth-order valence-electron chi connectivity index (χ4n) is 2.88. The van der Waals surface area contributed by atoms with Gasteiger partial charge in [0.1, 0.15) is 5.82 Å². The molecule has 1 aromatic rings. The van der Waals surface area contributed by atoms with Gasteiger partial charge in [0.2, 0.25) is 0 Å². The number of nitrogens with zero attached hydrogens (tertiary/aromatic N) is 1. The van der Waals surface area contributed by atoms with Gasteiger partial charge >= 0.3 is 0 Å². The van der Waals surface area contributed by atoms with Crippen molar-refractivity contribution in [3.63, 3.8) is 0 Å². The molecule has 4 heteroatoms. The van der Waals surface area contributed by atoms with Crippen LogP contribution >= 0.6 is 11.8 Å². The van der Waals surface area contributed by atoms with Crippen molar-refractivity contribution in [1.82, 2.24) is 10.2 Å². The van der Waals surface area contributed by atoms with Gasteiger partial charge in [-0.3, -0.25) is 0 Å². The Labute approximate surface area is 126 Å². The van der Waals surface area contributed by atoms with Crippen LogP contribution < -0.4 is 5.32 Å². The summed E-state index contributed by atoms with van der Waals surface area (Å²) in [4.78, 5) is 3.10. The first-order valence-electron chi connectivity index (χ1n) is 7.31. The average molecular weight is 296 g/mol. The van der Waals surface area contributed by atoms with E-state index < -0.39 is 0 Å². The van der Waals surface area contributed by atoms with Gasteiger partial charge < -0.3 is 10.2 Å². The number of benzene rings is 1. The molecule has 1 aromatic carbocycles. The molecule has 112 valence electrons. The van der Waals surface area contributed by atoms with Crippen LogP contribution in [0, 0.1) is 11.7 Å². The lowest BCUT2D eigenvalue weighted by molar-refractivity contribution is 0.217. The van der Waals surface area contributed by atoms with Crippen molar-refractivity contribution in [3.8, 4) is 0 Å². The molecule has 2 rings (SSSR count). The standard InChI is InChI=1S/C16H25FN2S/c1-11(2)15(19(3)4)10-18-14-8-9-20-16-12(14)6-5-7-13(16)17/h5-7,11,14-15,18H,8-10H2,1-4H3. The van der Waals surface area contributed by atoms with Gasteiger partial charge in [0.25, 0.3) is 0 Å². The van der Waals surface area contributed by atoms with Crippen molar-refractivity contribution >= 4 is 11.8 Å². The van der Waals surface area contributed by atoms with Crippen molar-refractivity contribution in [3.05, 3.63) is 29.6 Å². The normalized spacial score (nSPS) is 20.2. The quantitative estimate of drug-likeness (QED) is 0.895. The Hall–Kier alpha value is -0.580. The number of fused-ring (bicyclic) bond motifs is 1. The minimum absolute atomic E-state index is 0.0768. The van der Waals surface area contributed by atoms with Crippen molar-refractivity contribution < 1.29 is 4.39 Å². The molecule has 1 aliphatic rings. The Morgan fingerprint density at radius 1 is 1.40 bits per heavy atom. The highest BCUT2D eigenvalue weighted by Gasteiger charge is 2.24. The van der Waals surface area contributed by atoms with Crippen LogP contribution in [0.3, 0.4) is 0 Å². The third-order valence-electron chi connectivity index (χ3n) is 4.03. The van der Waals surface area contributed by atoms with Crippen LogP contribution in [0.4, 0.5) is 4.39 Å². The fourth-order valence-corrected chi connectivity index (χ4v) is 4.02. The zero-order valence-corrected chi connectivity index (χ0v) is 13.6. The Morgan fingerprint density at radius 3 is 2.80 bits per heavy atom. The van der Waals surface area contributed by atoms with Crippen LogP contribution in [0.5, 0.6) is 0 Å². The predicted octanol–water partition coefficient (Wildman–Crippen LogP) is 3.54. The fraction of sp³-hybridized carbons (Fsp3) is 0.625. The molecule has 2 atom stereocenters. The maximum atomic E-state index is 13.8. The summed E-state index contributed by atoms with van der Waals surface area (Å²) in [6.07, 6.45) is 1.07. The minimum atomic E-state index is -0.0768. The Bertz CT molecular complexity index is 440. The molecular formula is C16H25FN2S. The van der Waals surface area contributed by atoms with E-state index in [-0.39, 0.29) is 11.9 Å². The number of halogens is 1. The number of thioether (sulfide) groups is 1. The van der Waals surface area contributed by atoms with Gasteiger partial charge in [0, 0.05) is 23.5 Å². The molecule has 0 spiro atoms. The van der Waals surface area contributed by atoms with Crippen LogP contribution in [0.15, 0.2) is 23.1 Å². The molecule has 0 saturated heterocycles. The van der Waals surface area contributed by atoms with Crippen molar-refractivity contribution in [1.29, 1.82) is 0 Å². The van der Waals surface area contributed by atoms with E-state index in [9.17, 15) is 4.39 Å². The smallest absolute Gasteiger partial charge is 0.137 e. The largest absolute Gasteiger partial charge is 0.308 e. The number of nitrogens with one attached hydrogen (secondary N) is 1. The second-order valence-electron chi connectivity index (χ2n) is 6.03. The summed E-state index contributed by atoms with van der Waals surface area (Å²) in [5.41, 5.74) is 1.13. The summed E-state index contributed by atoms with van der Waals surface area (Å²) in [6, 6.07) is 6.22. The summed E-state index contributed by atoms with van der Waals surface area (Å²) < 4.78 is 13.8. The third kappa shape index (κ3) is 3.54. The maximum Gasteiger partial charge on any atom is 0.137 e. The molecule has 1 N–H and O–H groups in total. The first-order chi connectivity index (χ1) is 9.50. The van der Waals surface area contributed by atoms with E-state index in [2.05, 4.69) is 44.2 Å². The lowest BCUT2D eigenvalue weighted by Gasteiger charge is -2.32. The van der Waals surface area contributed by atoms with Gasteiger partial charge in [0.15, 0.2) is 0 Å². The molecule has 0 aliphatic carbocycles. The Balaban J connectivity index is 2.07. The molecule has 0 fully saturated rings. The van der Waals surface area contributed by atoms with Crippen molar-refractivity contribution in [2.75, 3.05) is 26.4 Å². The molecule has 1 heterocycles. The molecule has 0 radical (unpaired) electrons. The molecule has 0 saturated carbocycles. The highest BCUT2D eigenvalue weighted by molar-refractivity contribution is 7.99. The second-order valence-corrected chi connectivity index (χ2v) is 7.14. The van der Waals surface area contributed by atoms with Crippen LogP contribution in [0.1, 0.15) is 31.9 Å². The van der Waals surface area contributed by atoms with E-state index in [1.807, 2.05) is 6.07 Å². The van der Waals surface area contributed by atoms with E-state index >= 15 is 0 Å². The van der Waals surface area contributed by atoms with Gasteiger partial charge in [0.05, 0.1) is 0 Å². The SMILES string of the molecule is CC(C)C(CNC1CCSc2c(F)cccc21)N(C)C. The van der Waals surface area contributed by atoms with Gasteiger partial charge in [-0.2, -0.15) is 0 Å². The zero-order chi connectivity index (χ0) is 14.7. The summed E-state index contributed by atoms with van der Waals surface area (Å²) in [6.45, 7) is 5.43. The Morgan fingerprint density at radius 2 is 2.15 bits per heavy atom. The lowest BCUT2D eigenvalue weighted by atomic mass is 10.00. The number of hydrogen-bond acceptors (Lipinski definition) is 3. The summed E-state index contributed by atoms with van der Waals surface area (Å²) in [5.74, 6) is 1.51. The van der Waals surface area contributed by atoms with Gasteiger partial charge in [-0.15, -0.1) is 11.8 Å². The molecule has 20 heavy (non-hydrogen) atoms. The van der Waals surface area contributed by atoms with Crippen molar-refractivity contribution in [2.45, 2.75) is 37.2 Å². The minimum Gasteiger partial charge on any atom is -0.308 e. The molecule has 0 aromatic heterocycles. The summed E-state index contributed by atoms with van der Waals surface area (Å²) in [5, 5.41) is 3.65. The number of hydrogen-bond donors (Lipinski definition) is 1. The van der Waals surface area contributed by atoms with E-state index in [0.29, 0.717) is 12.0 Å². The highest BCUT2D eigenvalue weighted by Crippen LogP contribution is 2.37. The number of likely N-dealkylation sites (N-methyl/N-ethyl adjacent to an activating group) is 1. The zero-order valence-electron chi connectivity index (χ0n) is 12.8. The molecular weight excluding hydrogens is 271 g/mol. The summed E-state index contributed by atoms with van der Waals surface area (Å²) >= 11 is 1.64. The predicted molar refractivity (Wildman–Crippen MR) is 84.8 cm³/mol. The first-order valence-corrected chi connectivity index (χ1v) is 8.30. The van der Waals surface area contributed by atoms with Crippen molar-refractivity contribution in [2.24, 2.45) is 5.92 Å².